The zero-order valence-corrected chi connectivity index (χ0v) is 14.2. The van der Waals surface area contributed by atoms with Crippen LogP contribution in [0.15, 0.2) is 24.3 Å². The molecule has 1 fully saturated rings. The number of carbonyl (C=O) groups is 1. The minimum Gasteiger partial charge on any atom is -0.489 e. The second-order valence-corrected chi connectivity index (χ2v) is 5.83. The van der Waals surface area contributed by atoms with Gasteiger partial charge in [-0.05, 0) is 34.7 Å². The zero-order chi connectivity index (χ0) is 13.7. The smallest absolute Gasteiger partial charge is 0.223 e. The van der Waals surface area contributed by atoms with Crippen LogP contribution in [0.1, 0.15) is 19.3 Å². The van der Waals surface area contributed by atoms with Crippen molar-refractivity contribution in [3.8, 4) is 5.75 Å². The number of hydrogen-bond acceptors (Lipinski definition) is 3. The number of benzene rings is 1. The molecule has 1 aromatic rings. The minimum atomic E-state index is 0. The topological polar surface area (TPSA) is 55.6 Å². The Balaban J connectivity index is 0.00000200. The molecule has 1 heterocycles. The van der Waals surface area contributed by atoms with E-state index in [4.69, 9.17) is 10.5 Å². The summed E-state index contributed by atoms with van der Waals surface area (Å²) in [5.41, 5.74) is 5.41. The van der Waals surface area contributed by atoms with E-state index in [0.29, 0.717) is 13.0 Å². The van der Waals surface area contributed by atoms with Gasteiger partial charge in [0.1, 0.15) is 11.9 Å². The monoisotopic (exact) mass is 410 g/mol. The fourth-order valence-corrected chi connectivity index (χ4v) is 2.74. The van der Waals surface area contributed by atoms with E-state index in [1.807, 2.05) is 29.2 Å². The molecule has 2 N–H and O–H groups in total. The Morgan fingerprint density at radius 1 is 1.35 bits per heavy atom. The van der Waals surface area contributed by atoms with E-state index in [1.54, 1.807) is 0 Å². The van der Waals surface area contributed by atoms with Crippen molar-refractivity contribution in [2.75, 3.05) is 19.6 Å². The van der Waals surface area contributed by atoms with Crippen LogP contribution in [0.4, 0.5) is 0 Å². The summed E-state index contributed by atoms with van der Waals surface area (Å²) in [4.78, 5) is 13.6. The number of para-hydroxylation sites is 1. The third-order valence-corrected chi connectivity index (χ3v) is 4.17. The number of amides is 1. The summed E-state index contributed by atoms with van der Waals surface area (Å²) >= 11 is 2.28. The average molecular weight is 411 g/mol. The Kier molecular flexibility index (Phi) is 7.61. The van der Waals surface area contributed by atoms with E-state index >= 15 is 0 Å². The van der Waals surface area contributed by atoms with Gasteiger partial charge < -0.3 is 15.4 Å². The number of piperidine rings is 1. The number of likely N-dealkylation sites (tertiary alicyclic amines) is 1. The molecule has 1 saturated heterocycles. The Labute approximate surface area is 139 Å². The Morgan fingerprint density at radius 3 is 2.60 bits per heavy atom. The molecule has 2 rings (SSSR count). The summed E-state index contributed by atoms with van der Waals surface area (Å²) in [6.07, 6.45) is 2.43. The number of halogens is 2. The highest BCUT2D eigenvalue weighted by atomic mass is 127. The molecule has 0 aliphatic carbocycles. The molecular weight excluding hydrogens is 391 g/mol. The third kappa shape index (κ3) is 4.79. The van der Waals surface area contributed by atoms with Crippen molar-refractivity contribution in [2.24, 2.45) is 5.73 Å². The lowest BCUT2D eigenvalue weighted by Crippen LogP contribution is -2.42. The first-order chi connectivity index (χ1) is 9.20. The number of ether oxygens (including phenoxy) is 1. The zero-order valence-electron chi connectivity index (χ0n) is 11.3. The quantitative estimate of drug-likeness (QED) is 0.776. The minimum absolute atomic E-state index is 0. The molecule has 1 amide bonds. The number of hydrogen-bond donors (Lipinski definition) is 1. The van der Waals surface area contributed by atoms with Crippen LogP contribution in [0.25, 0.3) is 0 Å². The summed E-state index contributed by atoms with van der Waals surface area (Å²) in [5.74, 6) is 1.10. The van der Waals surface area contributed by atoms with Crippen molar-refractivity contribution < 1.29 is 9.53 Å². The highest BCUT2D eigenvalue weighted by Crippen LogP contribution is 2.24. The van der Waals surface area contributed by atoms with Gasteiger partial charge in [0.15, 0.2) is 0 Å². The molecule has 6 heteroatoms. The maximum absolute atomic E-state index is 11.7. The van der Waals surface area contributed by atoms with E-state index < -0.39 is 0 Å². The maximum Gasteiger partial charge on any atom is 0.223 e. The van der Waals surface area contributed by atoms with Crippen molar-refractivity contribution in [2.45, 2.75) is 25.4 Å². The van der Waals surface area contributed by atoms with E-state index in [2.05, 4.69) is 22.6 Å². The SMILES string of the molecule is Cl.NCCC(=O)N1CCC(Oc2ccccc2I)CC1. The van der Waals surface area contributed by atoms with Gasteiger partial charge >= 0.3 is 0 Å². The van der Waals surface area contributed by atoms with Crippen molar-refractivity contribution in [1.82, 2.24) is 4.90 Å². The van der Waals surface area contributed by atoms with Crippen molar-refractivity contribution >= 4 is 40.9 Å². The Hall–Kier alpha value is -0.530. The van der Waals surface area contributed by atoms with Gasteiger partial charge in [-0.3, -0.25) is 4.79 Å². The average Bonchev–Trinajstić information content (AvgIpc) is 2.42. The number of carbonyl (C=O) groups excluding carboxylic acids is 1. The molecule has 112 valence electrons. The third-order valence-electron chi connectivity index (χ3n) is 3.28. The predicted octanol–water partition coefficient (Wildman–Crippen LogP) is 2.43. The molecule has 1 aromatic carbocycles. The molecule has 4 nitrogen and oxygen atoms in total. The fraction of sp³-hybridized carbons (Fsp3) is 0.500. The van der Waals surface area contributed by atoms with Crippen LogP contribution in [0, 0.1) is 3.57 Å². The first-order valence-corrected chi connectivity index (χ1v) is 7.67. The number of rotatable bonds is 4. The van der Waals surface area contributed by atoms with E-state index in [1.165, 1.54) is 0 Å². The summed E-state index contributed by atoms with van der Waals surface area (Å²) in [6, 6.07) is 8.02. The molecule has 0 radical (unpaired) electrons. The largest absolute Gasteiger partial charge is 0.489 e. The lowest BCUT2D eigenvalue weighted by Gasteiger charge is -2.32. The lowest BCUT2D eigenvalue weighted by molar-refractivity contribution is -0.132. The number of nitrogens with two attached hydrogens (primary N) is 1. The van der Waals surface area contributed by atoms with Gasteiger partial charge in [0, 0.05) is 38.9 Å². The molecule has 0 aromatic heterocycles. The summed E-state index contributed by atoms with van der Waals surface area (Å²) in [6.45, 7) is 1.97. The maximum atomic E-state index is 11.7. The van der Waals surface area contributed by atoms with E-state index in [-0.39, 0.29) is 24.4 Å². The molecule has 20 heavy (non-hydrogen) atoms. The molecular formula is C14H20ClIN2O2. The normalized spacial score (nSPS) is 15.6. The summed E-state index contributed by atoms with van der Waals surface area (Å²) < 4.78 is 7.13. The lowest BCUT2D eigenvalue weighted by atomic mass is 10.1. The summed E-state index contributed by atoms with van der Waals surface area (Å²) in [5, 5.41) is 0. The molecule has 1 aliphatic rings. The second kappa shape index (κ2) is 8.69. The fourth-order valence-electron chi connectivity index (χ4n) is 2.22. The van der Waals surface area contributed by atoms with Crippen LogP contribution in [0.3, 0.4) is 0 Å². The Morgan fingerprint density at radius 2 is 2.00 bits per heavy atom. The van der Waals surface area contributed by atoms with Gasteiger partial charge in [-0.15, -0.1) is 12.4 Å². The highest BCUT2D eigenvalue weighted by molar-refractivity contribution is 14.1. The van der Waals surface area contributed by atoms with Gasteiger partial charge in [0.2, 0.25) is 5.91 Å². The highest BCUT2D eigenvalue weighted by Gasteiger charge is 2.23. The van der Waals surface area contributed by atoms with Crippen molar-refractivity contribution in [1.29, 1.82) is 0 Å². The molecule has 0 spiro atoms. The standard InChI is InChI=1S/C14H19IN2O2.ClH/c15-12-3-1-2-4-13(12)19-11-6-9-17(10-7-11)14(18)5-8-16;/h1-4,11H,5-10,16H2;1H. The van der Waals surface area contributed by atoms with Gasteiger partial charge in [0.05, 0.1) is 3.57 Å². The Bertz CT molecular complexity index is 437. The van der Waals surface area contributed by atoms with E-state index in [9.17, 15) is 4.79 Å². The predicted molar refractivity (Wildman–Crippen MR) is 90.3 cm³/mol. The van der Waals surface area contributed by atoms with Crippen LogP contribution < -0.4 is 10.5 Å². The van der Waals surface area contributed by atoms with Gasteiger partial charge in [-0.1, -0.05) is 12.1 Å². The van der Waals surface area contributed by atoms with Gasteiger partial charge in [-0.2, -0.15) is 0 Å². The van der Waals surface area contributed by atoms with Crippen molar-refractivity contribution in [3.05, 3.63) is 27.8 Å². The number of nitrogens with zero attached hydrogens (tertiary/aromatic N) is 1. The van der Waals surface area contributed by atoms with Crippen LogP contribution in [0.5, 0.6) is 5.75 Å². The first kappa shape index (κ1) is 17.5. The first-order valence-electron chi connectivity index (χ1n) is 6.59. The van der Waals surface area contributed by atoms with Gasteiger partial charge in [0.25, 0.3) is 0 Å². The van der Waals surface area contributed by atoms with Crippen LogP contribution in [-0.2, 0) is 4.79 Å². The molecule has 0 bridgehead atoms. The second-order valence-electron chi connectivity index (χ2n) is 4.67. The van der Waals surface area contributed by atoms with Crippen molar-refractivity contribution in [3.63, 3.8) is 0 Å². The summed E-state index contributed by atoms with van der Waals surface area (Å²) in [7, 11) is 0. The van der Waals surface area contributed by atoms with E-state index in [0.717, 1.165) is 35.3 Å². The molecule has 0 saturated carbocycles. The van der Waals surface area contributed by atoms with Gasteiger partial charge in [-0.25, -0.2) is 0 Å². The van der Waals surface area contributed by atoms with Crippen LogP contribution >= 0.6 is 35.0 Å². The molecule has 0 unspecified atom stereocenters. The molecule has 0 atom stereocenters. The van der Waals surface area contributed by atoms with Crippen LogP contribution in [-0.4, -0.2) is 36.5 Å². The molecule has 1 aliphatic heterocycles. The van der Waals surface area contributed by atoms with Crippen LogP contribution in [0.2, 0.25) is 0 Å².